The first-order valence-electron chi connectivity index (χ1n) is 7.92. The number of hydrogen-bond acceptors (Lipinski definition) is 5. The van der Waals surface area contributed by atoms with Gasteiger partial charge in [-0.3, -0.25) is 14.7 Å². The van der Waals surface area contributed by atoms with Crippen LogP contribution in [0.25, 0.3) is 0 Å². The van der Waals surface area contributed by atoms with Gasteiger partial charge in [0.15, 0.2) is 0 Å². The summed E-state index contributed by atoms with van der Waals surface area (Å²) in [4.78, 5) is 20.5. The first-order chi connectivity index (χ1) is 10.7. The van der Waals surface area contributed by atoms with Gasteiger partial charge in [-0.25, -0.2) is 0 Å². The second-order valence-electron chi connectivity index (χ2n) is 5.85. The maximum absolute atomic E-state index is 12.0. The Bertz CT molecular complexity index is 447. The fourth-order valence-corrected chi connectivity index (χ4v) is 2.86. The molecular weight excluding hydrogens is 280 g/mol. The van der Waals surface area contributed by atoms with E-state index in [0.717, 1.165) is 44.6 Å². The van der Waals surface area contributed by atoms with Crippen molar-refractivity contribution >= 4 is 11.6 Å². The third-order valence-corrected chi connectivity index (χ3v) is 4.16. The number of aliphatic hydroxyl groups excluding tert-OH is 1. The van der Waals surface area contributed by atoms with Crippen LogP contribution in [0.2, 0.25) is 0 Å². The van der Waals surface area contributed by atoms with Gasteiger partial charge in [-0.2, -0.15) is 0 Å². The fourth-order valence-electron chi connectivity index (χ4n) is 2.86. The minimum absolute atomic E-state index is 0.0140. The van der Waals surface area contributed by atoms with Crippen molar-refractivity contribution < 1.29 is 9.90 Å². The van der Waals surface area contributed by atoms with E-state index in [2.05, 4.69) is 27.1 Å². The maximum Gasteiger partial charge on any atom is 0.238 e. The van der Waals surface area contributed by atoms with E-state index in [1.807, 2.05) is 12.1 Å². The second kappa shape index (κ2) is 8.82. The van der Waals surface area contributed by atoms with Crippen LogP contribution < -0.4 is 5.32 Å². The van der Waals surface area contributed by atoms with Crippen molar-refractivity contribution in [2.75, 3.05) is 45.2 Å². The number of nitrogens with one attached hydrogen (secondary N) is 1. The third-order valence-electron chi connectivity index (χ3n) is 4.16. The van der Waals surface area contributed by atoms with Crippen molar-refractivity contribution in [1.29, 1.82) is 0 Å². The van der Waals surface area contributed by atoms with Gasteiger partial charge in [0.1, 0.15) is 0 Å². The molecule has 2 rings (SSSR count). The molecule has 0 aromatic carbocycles. The van der Waals surface area contributed by atoms with Gasteiger partial charge in [-0.05, 0) is 38.4 Å². The molecule has 0 bridgehead atoms. The zero-order valence-corrected chi connectivity index (χ0v) is 13.2. The average Bonchev–Trinajstić information content (AvgIpc) is 2.54. The molecule has 1 aromatic rings. The summed E-state index contributed by atoms with van der Waals surface area (Å²) < 4.78 is 0. The van der Waals surface area contributed by atoms with E-state index in [0.29, 0.717) is 12.6 Å². The highest BCUT2D eigenvalue weighted by atomic mass is 16.3. The van der Waals surface area contributed by atoms with Crippen LogP contribution in [0.4, 0.5) is 5.69 Å². The summed E-state index contributed by atoms with van der Waals surface area (Å²) >= 11 is 0. The number of rotatable bonds is 7. The number of piperidine rings is 1. The molecule has 0 radical (unpaired) electrons. The van der Waals surface area contributed by atoms with Crippen molar-refractivity contribution in [1.82, 2.24) is 14.8 Å². The van der Waals surface area contributed by atoms with Crippen LogP contribution >= 0.6 is 0 Å². The van der Waals surface area contributed by atoms with Crippen LogP contribution in [0.5, 0.6) is 0 Å². The summed E-state index contributed by atoms with van der Waals surface area (Å²) in [5.41, 5.74) is 0.742. The number of carbonyl (C=O) groups is 1. The lowest BCUT2D eigenvalue weighted by Crippen LogP contribution is -2.45. The fraction of sp³-hybridized carbons (Fsp3) is 0.625. The lowest BCUT2D eigenvalue weighted by atomic mass is 10.0. The van der Waals surface area contributed by atoms with Crippen LogP contribution in [0.3, 0.4) is 0 Å². The number of amides is 1. The van der Waals surface area contributed by atoms with Gasteiger partial charge < -0.3 is 15.3 Å². The van der Waals surface area contributed by atoms with E-state index in [9.17, 15) is 4.79 Å². The molecule has 6 heteroatoms. The zero-order valence-electron chi connectivity index (χ0n) is 13.2. The minimum atomic E-state index is 0.0140. The predicted molar refractivity (Wildman–Crippen MR) is 86.7 cm³/mol. The average molecular weight is 306 g/mol. The summed E-state index contributed by atoms with van der Waals surface area (Å²) in [7, 11) is 2.12. The number of pyridine rings is 1. The van der Waals surface area contributed by atoms with E-state index < -0.39 is 0 Å². The van der Waals surface area contributed by atoms with Gasteiger partial charge in [0.25, 0.3) is 0 Å². The summed E-state index contributed by atoms with van der Waals surface area (Å²) in [6.07, 6.45) is 6.31. The van der Waals surface area contributed by atoms with Crippen LogP contribution in [-0.4, -0.2) is 71.7 Å². The topological polar surface area (TPSA) is 68.7 Å². The van der Waals surface area contributed by atoms with Crippen LogP contribution in [0, 0.1) is 0 Å². The zero-order chi connectivity index (χ0) is 15.8. The standard InChI is InChI=1S/C16H26N4O2/c1-19(8-3-11-21)15-5-9-20(10-6-15)13-16(22)18-14-4-2-7-17-12-14/h2,4,7,12,15,21H,3,5-6,8-11,13H2,1H3,(H,18,22). The molecule has 6 nitrogen and oxygen atoms in total. The molecule has 1 aliphatic rings. The molecule has 0 atom stereocenters. The van der Waals surface area contributed by atoms with Gasteiger partial charge in [-0.15, -0.1) is 0 Å². The number of anilines is 1. The molecule has 1 amide bonds. The van der Waals surface area contributed by atoms with Crippen molar-refractivity contribution in [3.05, 3.63) is 24.5 Å². The van der Waals surface area contributed by atoms with Gasteiger partial charge in [0.2, 0.25) is 5.91 Å². The smallest absolute Gasteiger partial charge is 0.238 e. The van der Waals surface area contributed by atoms with Crippen molar-refractivity contribution in [2.45, 2.75) is 25.3 Å². The predicted octanol–water partition coefficient (Wildman–Crippen LogP) is 0.799. The number of hydrogen-bond donors (Lipinski definition) is 2. The van der Waals surface area contributed by atoms with E-state index in [1.54, 1.807) is 12.4 Å². The second-order valence-corrected chi connectivity index (χ2v) is 5.85. The van der Waals surface area contributed by atoms with Crippen molar-refractivity contribution in [3.8, 4) is 0 Å². The summed E-state index contributed by atoms with van der Waals surface area (Å²) in [6.45, 7) is 3.49. The molecule has 1 fully saturated rings. The summed E-state index contributed by atoms with van der Waals surface area (Å²) in [5, 5.41) is 11.8. The molecule has 1 aliphatic heterocycles. The Labute approximate surface area is 132 Å². The Balaban J connectivity index is 1.69. The first kappa shape index (κ1) is 16.9. The number of likely N-dealkylation sites (tertiary alicyclic amines) is 1. The van der Waals surface area contributed by atoms with Crippen LogP contribution in [-0.2, 0) is 4.79 Å². The highest BCUT2D eigenvalue weighted by Crippen LogP contribution is 2.15. The molecule has 1 aromatic heterocycles. The largest absolute Gasteiger partial charge is 0.396 e. The molecule has 22 heavy (non-hydrogen) atoms. The maximum atomic E-state index is 12.0. The van der Waals surface area contributed by atoms with Gasteiger partial charge >= 0.3 is 0 Å². The molecule has 122 valence electrons. The molecular formula is C16H26N4O2. The number of carbonyl (C=O) groups excluding carboxylic acids is 1. The van der Waals surface area contributed by atoms with Gasteiger partial charge in [-0.1, -0.05) is 0 Å². The highest BCUT2D eigenvalue weighted by molar-refractivity contribution is 5.92. The monoisotopic (exact) mass is 306 g/mol. The highest BCUT2D eigenvalue weighted by Gasteiger charge is 2.23. The molecule has 1 saturated heterocycles. The van der Waals surface area contributed by atoms with E-state index in [1.165, 1.54) is 0 Å². The third kappa shape index (κ3) is 5.36. The lowest BCUT2D eigenvalue weighted by molar-refractivity contribution is -0.117. The normalized spacial score (nSPS) is 16.9. The summed E-state index contributed by atoms with van der Waals surface area (Å²) in [5.74, 6) is 0.0140. The number of nitrogens with zero attached hydrogens (tertiary/aromatic N) is 3. The molecule has 0 saturated carbocycles. The molecule has 0 spiro atoms. The van der Waals surface area contributed by atoms with E-state index in [4.69, 9.17) is 5.11 Å². The van der Waals surface area contributed by atoms with E-state index in [-0.39, 0.29) is 12.5 Å². The molecule has 0 unspecified atom stereocenters. The molecule has 2 N–H and O–H groups in total. The SMILES string of the molecule is CN(CCCO)C1CCN(CC(=O)Nc2cccnc2)CC1. The Kier molecular flexibility index (Phi) is 6.76. The van der Waals surface area contributed by atoms with Gasteiger partial charge in [0.05, 0.1) is 18.4 Å². The first-order valence-corrected chi connectivity index (χ1v) is 7.92. The van der Waals surface area contributed by atoms with Gasteiger partial charge in [0, 0.05) is 38.5 Å². The molecule has 0 aliphatic carbocycles. The van der Waals surface area contributed by atoms with Crippen molar-refractivity contribution in [2.24, 2.45) is 0 Å². The Morgan fingerprint density at radius 3 is 2.91 bits per heavy atom. The minimum Gasteiger partial charge on any atom is -0.396 e. The van der Waals surface area contributed by atoms with Crippen molar-refractivity contribution in [3.63, 3.8) is 0 Å². The number of aromatic nitrogens is 1. The lowest BCUT2D eigenvalue weighted by Gasteiger charge is -2.36. The Hall–Kier alpha value is -1.50. The Morgan fingerprint density at radius 1 is 1.50 bits per heavy atom. The Morgan fingerprint density at radius 2 is 2.27 bits per heavy atom. The number of aliphatic hydroxyl groups is 1. The quantitative estimate of drug-likeness (QED) is 0.780. The molecule has 2 heterocycles. The summed E-state index contributed by atoms with van der Waals surface area (Å²) in [6, 6.07) is 4.21. The van der Waals surface area contributed by atoms with Crippen LogP contribution in [0.15, 0.2) is 24.5 Å². The van der Waals surface area contributed by atoms with E-state index >= 15 is 0 Å². The van der Waals surface area contributed by atoms with Crippen LogP contribution in [0.1, 0.15) is 19.3 Å².